The molecule has 0 amide bonds. The average Bonchev–Trinajstić information content (AvgIpc) is 2.47. The molecule has 0 aromatic carbocycles. The first-order valence-electron chi connectivity index (χ1n) is 3.89. The maximum absolute atomic E-state index is 5.45. The largest absolute Gasteiger partial charge is 0.457 e. The number of halogens is 1. The Morgan fingerprint density at radius 1 is 1.75 bits per heavy atom. The fourth-order valence-corrected chi connectivity index (χ4v) is 1.19. The first-order valence-corrected chi connectivity index (χ1v) is 4.68. The molecule has 1 atom stereocenters. The van der Waals surface area contributed by atoms with Gasteiger partial charge in [0.1, 0.15) is 0 Å². The zero-order chi connectivity index (χ0) is 8.97. The molecular weight excluding hydrogens is 220 g/mol. The minimum absolute atomic E-state index is 0.340. The molecule has 3 N–H and O–H groups in total. The summed E-state index contributed by atoms with van der Waals surface area (Å²) in [5.41, 5.74) is 6.57. The summed E-state index contributed by atoms with van der Waals surface area (Å²) >= 11 is 3.30. The van der Waals surface area contributed by atoms with E-state index in [2.05, 4.69) is 21.2 Å². The van der Waals surface area contributed by atoms with Crippen LogP contribution < -0.4 is 11.1 Å². The van der Waals surface area contributed by atoms with Gasteiger partial charge in [-0.3, -0.25) is 0 Å². The second-order valence-corrected chi connectivity index (χ2v) is 3.46. The standard InChI is InChI=1S/C8H13BrN2O/c1-6(4-10)11-5-7-2-3-12-8(7)9/h2-3,6,11H,4-5,10H2,1H3/t6-/m0/s1. The molecule has 0 aliphatic heterocycles. The van der Waals surface area contributed by atoms with Gasteiger partial charge in [-0.1, -0.05) is 0 Å². The van der Waals surface area contributed by atoms with Crippen LogP contribution in [-0.2, 0) is 6.54 Å². The lowest BCUT2D eigenvalue weighted by Crippen LogP contribution is -2.32. The van der Waals surface area contributed by atoms with E-state index in [1.807, 2.05) is 13.0 Å². The highest BCUT2D eigenvalue weighted by molar-refractivity contribution is 9.10. The maximum atomic E-state index is 5.45. The monoisotopic (exact) mass is 232 g/mol. The fourth-order valence-electron chi connectivity index (χ4n) is 0.813. The molecule has 0 saturated heterocycles. The highest BCUT2D eigenvalue weighted by Gasteiger charge is 2.03. The van der Waals surface area contributed by atoms with Crippen molar-refractivity contribution in [1.29, 1.82) is 0 Å². The van der Waals surface area contributed by atoms with Crippen LogP contribution in [0.5, 0.6) is 0 Å². The SMILES string of the molecule is C[C@@H](CN)NCc1ccoc1Br. The van der Waals surface area contributed by atoms with Crippen molar-refractivity contribution in [1.82, 2.24) is 5.32 Å². The van der Waals surface area contributed by atoms with E-state index in [0.717, 1.165) is 16.8 Å². The van der Waals surface area contributed by atoms with Crippen molar-refractivity contribution in [2.45, 2.75) is 19.5 Å². The number of hydrogen-bond acceptors (Lipinski definition) is 3. The average molecular weight is 233 g/mol. The second-order valence-electron chi connectivity index (χ2n) is 2.74. The van der Waals surface area contributed by atoms with Gasteiger partial charge in [0.15, 0.2) is 4.67 Å². The summed E-state index contributed by atoms with van der Waals surface area (Å²) in [6.45, 7) is 3.49. The van der Waals surface area contributed by atoms with Gasteiger partial charge >= 0.3 is 0 Å². The van der Waals surface area contributed by atoms with E-state index >= 15 is 0 Å². The zero-order valence-electron chi connectivity index (χ0n) is 7.01. The summed E-state index contributed by atoms with van der Waals surface area (Å²) < 4.78 is 5.87. The van der Waals surface area contributed by atoms with Crippen LogP contribution in [0.1, 0.15) is 12.5 Å². The zero-order valence-corrected chi connectivity index (χ0v) is 8.60. The third kappa shape index (κ3) is 2.62. The van der Waals surface area contributed by atoms with Crippen molar-refractivity contribution in [2.24, 2.45) is 5.73 Å². The molecule has 0 fully saturated rings. The smallest absolute Gasteiger partial charge is 0.173 e. The van der Waals surface area contributed by atoms with Gasteiger partial charge in [-0.15, -0.1) is 0 Å². The van der Waals surface area contributed by atoms with Crippen LogP contribution in [0.3, 0.4) is 0 Å². The lowest BCUT2D eigenvalue weighted by atomic mass is 10.3. The van der Waals surface area contributed by atoms with Crippen LogP contribution in [0.4, 0.5) is 0 Å². The Balaban J connectivity index is 2.38. The van der Waals surface area contributed by atoms with Gasteiger partial charge in [0.2, 0.25) is 0 Å². The van der Waals surface area contributed by atoms with Crippen LogP contribution >= 0.6 is 15.9 Å². The number of furan rings is 1. The molecule has 0 unspecified atom stereocenters. The van der Waals surface area contributed by atoms with Crippen LogP contribution in [-0.4, -0.2) is 12.6 Å². The molecule has 12 heavy (non-hydrogen) atoms. The normalized spacial score (nSPS) is 13.2. The molecule has 1 heterocycles. The van der Waals surface area contributed by atoms with E-state index in [4.69, 9.17) is 10.2 Å². The molecule has 1 rings (SSSR count). The lowest BCUT2D eigenvalue weighted by Gasteiger charge is -2.09. The molecule has 0 radical (unpaired) electrons. The summed E-state index contributed by atoms with van der Waals surface area (Å²) in [5, 5.41) is 3.26. The highest BCUT2D eigenvalue weighted by Crippen LogP contribution is 2.16. The van der Waals surface area contributed by atoms with Crippen molar-refractivity contribution in [3.05, 3.63) is 22.6 Å². The summed E-state index contributed by atoms with van der Waals surface area (Å²) in [6, 6.07) is 2.27. The first kappa shape index (κ1) is 9.77. The Bertz CT molecular complexity index is 237. The van der Waals surface area contributed by atoms with Crippen LogP contribution in [0.2, 0.25) is 0 Å². The molecule has 0 aliphatic rings. The Hall–Kier alpha value is -0.320. The van der Waals surface area contributed by atoms with E-state index in [1.54, 1.807) is 6.26 Å². The molecular formula is C8H13BrN2O. The van der Waals surface area contributed by atoms with Crippen molar-refractivity contribution >= 4 is 15.9 Å². The van der Waals surface area contributed by atoms with Gasteiger partial charge in [0.25, 0.3) is 0 Å². The predicted octanol–water partition coefficient (Wildman–Crippen LogP) is 1.48. The summed E-state index contributed by atoms with van der Waals surface area (Å²) in [5.74, 6) is 0. The molecule has 0 aliphatic carbocycles. The predicted molar refractivity (Wildman–Crippen MR) is 51.8 cm³/mol. The fraction of sp³-hybridized carbons (Fsp3) is 0.500. The van der Waals surface area contributed by atoms with Crippen molar-refractivity contribution < 1.29 is 4.42 Å². The number of rotatable bonds is 4. The van der Waals surface area contributed by atoms with Gasteiger partial charge in [0.05, 0.1) is 6.26 Å². The third-order valence-corrected chi connectivity index (χ3v) is 2.38. The topological polar surface area (TPSA) is 51.2 Å². The Kier molecular flexibility index (Phi) is 3.78. The van der Waals surface area contributed by atoms with E-state index in [1.165, 1.54) is 0 Å². The van der Waals surface area contributed by atoms with E-state index in [-0.39, 0.29) is 0 Å². The minimum atomic E-state index is 0.340. The molecule has 1 aromatic rings. The lowest BCUT2D eigenvalue weighted by molar-refractivity contribution is 0.521. The first-order chi connectivity index (χ1) is 5.74. The molecule has 68 valence electrons. The summed E-state index contributed by atoms with van der Waals surface area (Å²) in [7, 11) is 0. The van der Waals surface area contributed by atoms with Gasteiger partial charge < -0.3 is 15.5 Å². The van der Waals surface area contributed by atoms with E-state index in [0.29, 0.717) is 12.6 Å². The molecule has 0 bridgehead atoms. The van der Waals surface area contributed by atoms with Crippen LogP contribution in [0, 0.1) is 0 Å². The third-order valence-electron chi connectivity index (χ3n) is 1.69. The molecule has 0 saturated carbocycles. The van der Waals surface area contributed by atoms with E-state index in [9.17, 15) is 0 Å². The van der Waals surface area contributed by atoms with Gasteiger partial charge in [-0.25, -0.2) is 0 Å². The van der Waals surface area contributed by atoms with Gasteiger partial charge in [-0.05, 0) is 28.9 Å². The highest BCUT2D eigenvalue weighted by atomic mass is 79.9. The van der Waals surface area contributed by atoms with E-state index < -0.39 is 0 Å². The van der Waals surface area contributed by atoms with Gasteiger partial charge in [-0.2, -0.15) is 0 Å². The molecule has 4 heteroatoms. The van der Waals surface area contributed by atoms with Crippen molar-refractivity contribution in [3.63, 3.8) is 0 Å². The quantitative estimate of drug-likeness (QED) is 0.828. The number of nitrogens with one attached hydrogen (secondary N) is 1. The second kappa shape index (κ2) is 4.64. The van der Waals surface area contributed by atoms with Gasteiger partial charge in [0, 0.05) is 24.7 Å². The Labute approximate surface area is 80.4 Å². The number of nitrogens with two attached hydrogens (primary N) is 1. The molecule has 1 aromatic heterocycles. The Morgan fingerprint density at radius 3 is 3.00 bits per heavy atom. The minimum Gasteiger partial charge on any atom is -0.457 e. The van der Waals surface area contributed by atoms with Crippen LogP contribution in [0.15, 0.2) is 21.4 Å². The van der Waals surface area contributed by atoms with Crippen molar-refractivity contribution in [3.8, 4) is 0 Å². The summed E-state index contributed by atoms with van der Waals surface area (Å²) in [4.78, 5) is 0. The molecule has 3 nitrogen and oxygen atoms in total. The van der Waals surface area contributed by atoms with Crippen molar-refractivity contribution in [2.75, 3.05) is 6.54 Å². The maximum Gasteiger partial charge on any atom is 0.173 e. The summed E-state index contributed by atoms with van der Waals surface area (Å²) in [6.07, 6.45) is 1.66. The Morgan fingerprint density at radius 2 is 2.50 bits per heavy atom. The molecule has 0 spiro atoms. The number of hydrogen-bond donors (Lipinski definition) is 2. The van der Waals surface area contributed by atoms with Crippen LogP contribution in [0.25, 0.3) is 0 Å².